The van der Waals surface area contributed by atoms with Crippen LogP contribution in [0.1, 0.15) is 51.3 Å². The number of hydrogen-bond donors (Lipinski definition) is 0. The molecule has 0 unspecified atom stereocenters. The number of nitrogens with zero attached hydrogens (tertiary/aromatic N) is 3. The number of hydrogen-bond acceptors (Lipinski definition) is 9. The zero-order valence-electron chi connectivity index (χ0n) is 26.3. The molecule has 0 radical (unpaired) electrons. The van der Waals surface area contributed by atoms with Crippen molar-refractivity contribution in [1.82, 2.24) is 0 Å². The highest BCUT2D eigenvalue weighted by atomic mass is 16.6. The van der Waals surface area contributed by atoms with Crippen LogP contribution in [0.15, 0.2) is 72.8 Å². The molecule has 3 aromatic rings. The Labute approximate surface area is 254 Å². The molecular weight excluding hydrogens is 546 g/mol. The van der Waals surface area contributed by atoms with Crippen LogP contribution in [0.5, 0.6) is 0 Å². The van der Waals surface area contributed by atoms with E-state index in [1.54, 1.807) is 36.4 Å². The Morgan fingerprint density at radius 1 is 0.535 bits per heavy atom. The number of anilines is 3. The lowest BCUT2D eigenvalue weighted by molar-refractivity contribution is -0.0381. The predicted molar refractivity (Wildman–Crippen MR) is 170 cm³/mol. The van der Waals surface area contributed by atoms with E-state index in [2.05, 4.69) is 4.90 Å². The molecule has 230 valence electrons. The summed E-state index contributed by atoms with van der Waals surface area (Å²) in [4.78, 5) is 44.8. The standard InChI is InChI=1S/C34H43N3O6/c1-8-34(22-41-31(38)25-10-16-28(17-11-25)35(3)4,23-42-32(39)26-12-18-29(19-13-26)36(5)6)24-43-33(40)27-14-20-30(21-15-27)37(7)9-2/h10-21H,8-9,22-24H2,1-7H3. The van der Waals surface area contributed by atoms with Crippen LogP contribution in [0, 0.1) is 5.41 Å². The molecule has 0 bridgehead atoms. The minimum Gasteiger partial charge on any atom is -0.461 e. The largest absolute Gasteiger partial charge is 0.461 e. The van der Waals surface area contributed by atoms with Crippen molar-refractivity contribution in [2.75, 3.05) is 76.3 Å². The molecule has 3 aromatic carbocycles. The molecule has 9 nitrogen and oxygen atoms in total. The first-order valence-corrected chi connectivity index (χ1v) is 14.4. The van der Waals surface area contributed by atoms with Crippen molar-refractivity contribution >= 4 is 35.0 Å². The van der Waals surface area contributed by atoms with Crippen LogP contribution < -0.4 is 14.7 Å². The van der Waals surface area contributed by atoms with Crippen molar-refractivity contribution in [1.29, 1.82) is 0 Å². The SMILES string of the molecule is CCN(C)c1ccc(C(=O)OCC(CC)(COC(=O)c2ccc(N(C)C)cc2)COC(=O)c2ccc(N(C)C)cc2)cc1. The number of carbonyl (C=O) groups is 3. The number of esters is 3. The average molecular weight is 590 g/mol. The third-order valence-corrected chi connectivity index (χ3v) is 7.54. The third-order valence-electron chi connectivity index (χ3n) is 7.54. The van der Waals surface area contributed by atoms with Crippen molar-refractivity contribution < 1.29 is 28.6 Å². The van der Waals surface area contributed by atoms with E-state index in [-0.39, 0.29) is 19.8 Å². The number of ether oxygens (including phenoxy) is 3. The molecule has 0 saturated carbocycles. The Balaban J connectivity index is 1.75. The monoisotopic (exact) mass is 589 g/mol. The first-order chi connectivity index (χ1) is 20.5. The van der Waals surface area contributed by atoms with E-state index in [9.17, 15) is 14.4 Å². The molecular formula is C34H43N3O6. The summed E-state index contributed by atoms with van der Waals surface area (Å²) in [5.41, 5.74) is 3.10. The molecule has 3 rings (SSSR count). The summed E-state index contributed by atoms with van der Waals surface area (Å²) in [5.74, 6) is -1.55. The highest BCUT2D eigenvalue weighted by molar-refractivity contribution is 5.91. The van der Waals surface area contributed by atoms with Gasteiger partial charge in [-0.05, 0) is 86.1 Å². The zero-order valence-corrected chi connectivity index (χ0v) is 26.3. The van der Waals surface area contributed by atoms with Crippen molar-refractivity contribution in [3.63, 3.8) is 0 Å². The van der Waals surface area contributed by atoms with Crippen LogP contribution in [0.25, 0.3) is 0 Å². The van der Waals surface area contributed by atoms with Gasteiger partial charge in [0.25, 0.3) is 0 Å². The number of carbonyl (C=O) groups excluding carboxylic acids is 3. The maximum Gasteiger partial charge on any atom is 0.338 e. The second-order valence-electron chi connectivity index (χ2n) is 11.0. The quantitative estimate of drug-likeness (QED) is 0.178. The van der Waals surface area contributed by atoms with Crippen molar-refractivity contribution in [2.45, 2.75) is 20.3 Å². The second kappa shape index (κ2) is 15.1. The summed E-state index contributed by atoms with van der Waals surface area (Å²) in [6.45, 7) is 4.42. The van der Waals surface area contributed by atoms with E-state index < -0.39 is 23.3 Å². The van der Waals surface area contributed by atoms with E-state index in [1.807, 2.05) is 95.3 Å². The molecule has 0 heterocycles. The van der Waals surface area contributed by atoms with Gasteiger partial charge in [-0.25, -0.2) is 14.4 Å². The molecule has 0 aliphatic carbocycles. The summed E-state index contributed by atoms with van der Waals surface area (Å²) in [6.07, 6.45) is 0.417. The maximum absolute atomic E-state index is 13.0. The van der Waals surface area contributed by atoms with Crippen LogP contribution >= 0.6 is 0 Å². The van der Waals surface area contributed by atoms with Crippen molar-refractivity contribution in [3.05, 3.63) is 89.5 Å². The summed E-state index contributed by atoms with van der Waals surface area (Å²) in [7, 11) is 9.64. The van der Waals surface area contributed by atoms with Gasteiger partial charge in [0, 0.05) is 58.8 Å². The molecule has 0 amide bonds. The lowest BCUT2D eigenvalue weighted by Gasteiger charge is -2.31. The highest BCUT2D eigenvalue weighted by Crippen LogP contribution is 2.27. The Morgan fingerprint density at radius 2 is 0.837 bits per heavy atom. The maximum atomic E-state index is 13.0. The van der Waals surface area contributed by atoms with Crippen LogP contribution in [0.4, 0.5) is 17.1 Å². The van der Waals surface area contributed by atoms with Gasteiger partial charge in [0.05, 0.1) is 22.1 Å². The first kappa shape index (κ1) is 33.0. The van der Waals surface area contributed by atoms with Crippen LogP contribution in [-0.4, -0.2) is 79.5 Å². The molecule has 0 aliphatic rings. The van der Waals surface area contributed by atoms with E-state index in [0.717, 1.165) is 23.6 Å². The van der Waals surface area contributed by atoms with Gasteiger partial charge in [-0.15, -0.1) is 0 Å². The predicted octanol–water partition coefficient (Wildman–Crippen LogP) is 5.54. The van der Waals surface area contributed by atoms with E-state index in [1.165, 1.54) is 0 Å². The van der Waals surface area contributed by atoms with Crippen LogP contribution in [0.2, 0.25) is 0 Å². The van der Waals surface area contributed by atoms with E-state index in [4.69, 9.17) is 14.2 Å². The summed E-state index contributed by atoms with van der Waals surface area (Å²) >= 11 is 0. The highest BCUT2D eigenvalue weighted by Gasteiger charge is 2.35. The molecule has 0 spiro atoms. The lowest BCUT2D eigenvalue weighted by Crippen LogP contribution is -2.39. The van der Waals surface area contributed by atoms with E-state index >= 15 is 0 Å². The topological polar surface area (TPSA) is 88.6 Å². The molecule has 0 aromatic heterocycles. The van der Waals surface area contributed by atoms with Gasteiger partial charge >= 0.3 is 17.9 Å². The van der Waals surface area contributed by atoms with Crippen LogP contribution in [0.3, 0.4) is 0 Å². The zero-order chi connectivity index (χ0) is 31.6. The minimum absolute atomic E-state index is 0.112. The minimum atomic E-state index is -0.962. The lowest BCUT2D eigenvalue weighted by atomic mass is 9.88. The van der Waals surface area contributed by atoms with Gasteiger partial charge in [-0.1, -0.05) is 6.92 Å². The van der Waals surface area contributed by atoms with Gasteiger partial charge in [0.1, 0.15) is 19.8 Å². The van der Waals surface area contributed by atoms with Gasteiger partial charge < -0.3 is 28.9 Å². The van der Waals surface area contributed by atoms with Gasteiger partial charge in [0.2, 0.25) is 0 Å². The molecule has 0 N–H and O–H groups in total. The van der Waals surface area contributed by atoms with Crippen molar-refractivity contribution in [2.24, 2.45) is 5.41 Å². The third kappa shape index (κ3) is 8.98. The van der Waals surface area contributed by atoms with Gasteiger partial charge in [-0.2, -0.15) is 0 Å². The molecule has 0 atom stereocenters. The Hall–Kier alpha value is -4.53. The van der Waals surface area contributed by atoms with Crippen LogP contribution in [-0.2, 0) is 14.2 Å². The van der Waals surface area contributed by atoms with Crippen molar-refractivity contribution in [3.8, 4) is 0 Å². The Bertz CT molecular complexity index is 1280. The molecule has 0 aliphatic heterocycles. The van der Waals surface area contributed by atoms with Gasteiger partial charge in [0.15, 0.2) is 0 Å². The van der Waals surface area contributed by atoms with E-state index in [0.29, 0.717) is 23.1 Å². The molecule has 9 heteroatoms. The number of benzene rings is 3. The van der Waals surface area contributed by atoms with Gasteiger partial charge in [-0.3, -0.25) is 0 Å². The Kier molecular flexibility index (Phi) is 11.6. The molecule has 43 heavy (non-hydrogen) atoms. The fourth-order valence-corrected chi connectivity index (χ4v) is 4.16. The fourth-order valence-electron chi connectivity index (χ4n) is 4.16. The summed E-state index contributed by atoms with van der Waals surface area (Å²) in [5, 5.41) is 0. The first-order valence-electron chi connectivity index (χ1n) is 14.4. The smallest absolute Gasteiger partial charge is 0.338 e. The normalized spacial score (nSPS) is 11.0. The second-order valence-corrected chi connectivity index (χ2v) is 11.0. The summed E-state index contributed by atoms with van der Waals surface area (Å²) in [6, 6.07) is 21.3. The summed E-state index contributed by atoms with van der Waals surface area (Å²) < 4.78 is 17.1. The number of rotatable bonds is 14. The Morgan fingerprint density at radius 3 is 1.09 bits per heavy atom. The fraction of sp³-hybridized carbons (Fsp3) is 0.382. The average Bonchev–Trinajstić information content (AvgIpc) is 3.03. The molecule has 0 saturated heterocycles. The molecule has 0 fully saturated rings.